The summed E-state index contributed by atoms with van der Waals surface area (Å²) in [7, 11) is 1.89. The van der Waals surface area contributed by atoms with Crippen LogP contribution in [0.2, 0.25) is 5.02 Å². The number of nitrogens with one attached hydrogen (secondary N) is 1. The first-order valence-corrected chi connectivity index (χ1v) is 9.28. The third-order valence-corrected chi connectivity index (χ3v) is 4.32. The van der Waals surface area contributed by atoms with Gasteiger partial charge < -0.3 is 14.8 Å². The van der Waals surface area contributed by atoms with Crippen LogP contribution in [-0.4, -0.2) is 20.3 Å². The first kappa shape index (κ1) is 19.1. The minimum Gasteiger partial charge on any atom is -0.490 e. The Bertz CT molecular complexity index is 647. The van der Waals surface area contributed by atoms with E-state index in [0.717, 1.165) is 34.4 Å². The van der Waals surface area contributed by atoms with Gasteiger partial charge in [0.2, 0.25) is 0 Å². The SMILES string of the molecule is CCCc1ccc(OCCOc2c(Br)cc(Cl)cc2CNC)cc1. The van der Waals surface area contributed by atoms with E-state index >= 15 is 0 Å². The van der Waals surface area contributed by atoms with Crippen molar-refractivity contribution < 1.29 is 9.47 Å². The van der Waals surface area contributed by atoms with Crippen molar-refractivity contribution >= 4 is 27.5 Å². The van der Waals surface area contributed by atoms with Gasteiger partial charge in [0.15, 0.2) is 0 Å². The highest BCUT2D eigenvalue weighted by atomic mass is 79.9. The Morgan fingerprint density at radius 1 is 1.08 bits per heavy atom. The second-order valence-corrected chi connectivity index (χ2v) is 6.79. The zero-order valence-corrected chi connectivity index (χ0v) is 16.4. The molecule has 0 bridgehead atoms. The standard InChI is InChI=1S/C19H23BrClNO2/c1-3-4-14-5-7-17(8-6-14)23-9-10-24-19-15(13-22-2)11-16(21)12-18(19)20/h5-8,11-12,22H,3-4,9-10,13H2,1-2H3. The van der Waals surface area contributed by atoms with Crippen LogP contribution in [0.3, 0.4) is 0 Å². The van der Waals surface area contributed by atoms with Gasteiger partial charge >= 0.3 is 0 Å². The van der Waals surface area contributed by atoms with E-state index in [-0.39, 0.29) is 0 Å². The molecule has 0 radical (unpaired) electrons. The van der Waals surface area contributed by atoms with Gasteiger partial charge in [0.25, 0.3) is 0 Å². The molecule has 0 spiro atoms. The molecule has 0 saturated carbocycles. The Morgan fingerprint density at radius 2 is 1.79 bits per heavy atom. The van der Waals surface area contributed by atoms with Crippen LogP contribution >= 0.6 is 27.5 Å². The molecule has 3 nitrogen and oxygen atoms in total. The minimum absolute atomic E-state index is 0.466. The maximum absolute atomic E-state index is 6.10. The summed E-state index contributed by atoms with van der Waals surface area (Å²) in [6.45, 7) is 3.82. The van der Waals surface area contributed by atoms with Gasteiger partial charge in [0.1, 0.15) is 24.7 Å². The summed E-state index contributed by atoms with van der Waals surface area (Å²) in [6, 6.07) is 12.0. The van der Waals surface area contributed by atoms with Gasteiger partial charge in [-0.25, -0.2) is 0 Å². The van der Waals surface area contributed by atoms with Crippen LogP contribution in [0.15, 0.2) is 40.9 Å². The monoisotopic (exact) mass is 411 g/mol. The van der Waals surface area contributed by atoms with Crippen molar-refractivity contribution in [3.63, 3.8) is 0 Å². The lowest BCUT2D eigenvalue weighted by Gasteiger charge is -2.14. The van der Waals surface area contributed by atoms with Crippen molar-refractivity contribution in [2.24, 2.45) is 0 Å². The van der Waals surface area contributed by atoms with E-state index in [2.05, 4.69) is 40.3 Å². The van der Waals surface area contributed by atoms with E-state index in [4.69, 9.17) is 21.1 Å². The predicted molar refractivity (Wildman–Crippen MR) is 103 cm³/mol. The molecule has 0 fully saturated rings. The van der Waals surface area contributed by atoms with Crippen LogP contribution in [0, 0.1) is 0 Å². The van der Waals surface area contributed by atoms with Gasteiger partial charge in [-0.05, 0) is 59.2 Å². The second-order valence-electron chi connectivity index (χ2n) is 5.50. The van der Waals surface area contributed by atoms with Crippen molar-refractivity contribution in [3.05, 3.63) is 57.0 Å². The van der Waals surface area contributed by atoms with Gasteiger partial charge in [0.05, 0.1) is 4.47 Å². The second kappa shape index (κ2) is 9.92. The third-order valence-electron chi connectivity index (χ3n) is 3.51. The fraction of sp³-hybridized carbons (Fsp3) is 0.368. The molecule has 1 N–H and O–H groups in total. The maximum atomic E-state index is 6.10. The zero-order valence-electron chi connectivity index (χ0n) is 14.1. The Hall–Kier alpha value is -1.23. The average Bonchev–Trinajstić information content (AvgIpc) is 2.55. The van der Waals surface area contributed by atoms with E-state index in [1.807, 2.05) is 31.3 Å². The van der Waals surface area contributed by atoms with E-state index in [1.54, 1.807) is 0 Å². The molecule has 0 amide bonds. The molecular weight excluding hydrogens is 390 g/mol. The normalized spacial score (nSPS) is 10.7. The van der Waals surface area contributed by atoms with Crippen LogP contribution in [0.1, 0.15) is 24.5 Å². The fourth-order valence-corrected chi connectivity index (χ4v) is 3.43. The Morgan fingerprint density at radius 3 is 2.46 bits per heavy atom. The summed E-state index contributed by atoms with van der Waals surface area (Å²) in [5.74, 6) is 1.67. The molecule has 24 heavy (non-hydrogen) atoms. The molecule has 5 heteroatoms. The van der Waals surface area contributed by atoms with E-state index in [9.17, 15) is 0 Å². The summed E-state index contributed by atoms with van der Waals surface area (Å²) >= 11 is 9.61. The van der Waals surface area contributed by atoms with Crippen LogP contribution in [0.5, 0.6) is 11.5 Å². The molecular formula is C19H23BrClNO2. The largest absolute Gasteiger partial charge is 0.490 e. The number of ether oxygens (including phenoxy) is 2. The van der Waals surface area contributed by atoms with Crippen molar-refractivity contribution in [2.75, 3.05) is 20.3 Å². The Labute approximate surface area is 157 Å². The lowest BCUT2D eigenvalue weighted by Crippen LogP contribution is -2.12. The highest BCUT2D eigenvalue weighted by Crippen LogP contribution is 2.32. The van der Waals surface area contributed by atoms with Crippen molar-refractivity contribution in [3.8, 4) is 11.5 Å². The van der Waals surface area contributed by atoms with Crippen LogP contribution < -0.4 is 14.8 Å². The van der Waals surface area contributed by atoms with Gasteiger partial charge in [-0.15, -0.1) is 0 Å². The molecule has 0 heterocycles. The Kier molecular flexibility index (Phi) is 7.89. The number of hydrogen-bond donors (Lipinski definition) is 1. The summed E-state index contributed by atoms with van der Waals surface area (Å²) in [6.07, 6.45) is 2.25. The van der Waals surface area contributed by atoms with Crippen molar-refractivity contribution in [1.82, 2.24) is 5.32 Å². The van der Waals surface area contributed by atoms with Gasteiger partial charge in [-0.1, -0.05) is 37.1 Å². The van der Waals surface area contributed by atoms with E-state index in [1.165, 1.54) is 5.56 Å². The van der Waals surface area contributed by atoms with Gasteiger partial charge in [-0.2, -0.15) is 0 Å². The van der Waals surface area contributed by atoms with E-state index in [0.29, 0.717) is 24.8 Å². The number of rotatable bonds is 9. The number of halogens is 2. The average molecular weight is 413 g/mol. The number of benzene rings is 2. The first-order chi connectivity index (χ1) is 11.6. The summed E-state index contributed by atoms with van der Waals surface area (Å²) in [5, 5.41) is 3.80. The lowest BCUT2D eigenvalue weighted by atomic mass is 10.1. The summed E-state index contributed by atoms with van der Waals surface area (Å²) in [5.41, 5.74) is 2.35. The molecule has 0 saturated heterocycles. The molecule has 130 valence electrons. The molecule has 0 aliphatic heterocycles. The lowest BCUT2D eigenvalue weighted by molar-refractivity contribution is 0.215. The molecule has 0 aliphatic carbocycles. The Balaban J connectivity index is 1.88. The number of hydrogen-bond acceptors (Lipinski definition) is 3. The summed E-state index contributed by atoms with van der Waals surface area (Å²) < 4.78 is 12.5. The van der Waals surface area contributed by atoms with E-state index < -0.39 is 0 Å². The molecule has 0 aromatic heterocycles. The summed E-state index contributed by atoms with van der Waals surface area (Å²) in [4.78, 5) is 0. The van der Waals surface area contributed by atoms with Crippen LogP contribution in [0.25, 0.3) is 0 Å². The van der Waals surface area contributed by atoms with Crippen LogP contribution in [0.4, 0.5) is 0 Å². The smallest absolute Gasteiger partial charge is 0.138 e. The maximum Gasteiger partial charge on any atom is 0.138 e. The van der Waals surface area contributed by atoms with Crippen molar-refractivity contribution in [2.45, 2.75) is 26.3 Å². The molecule has 0 aliphatic rings. The molecule has 2 aromatic carbocycles. The molecule has 0 unspecified atom stereocenters. The highest BCUT2D eigenvalue weighted by molar-refractivity contribution is 9.10. The van der Waals surface area contributed by atoms with Gasteiger partial charge in [0, 0.05) is 17.1 Å². The van der Waals surface area contributed by atoms with Crippen molar-refractivity contribution in [1.29, 1.82) is 0 Å². The first-order valence-electron chi connectivity index (χ1n) is 8.11. The predicted octanol–water partition coefficient (Wildman–Crippen LogP) is 5.23. The zero-order chi connectivity index (χ0) is 17.4. The quantitative estimate of drug-likeness (QED) is 0.572. The molecule has 2 aromatic rings. The fourth-order valence-electron chi connectivity index (χ4n) is 2.44. The highest BCUT2D eigenvalue weighted by Gasteiger charge is 2.10. The third kappa shape index (κ3) is 5.69. The molecule has 2 rings (SSSR count). The number of aryl methyl sites for hydroxylation is 1. The van der Waals surface area contributed by atoms with Crippen LogP contribution in [-0.2, 0) is 13.0 Å². The molecule has 0 atom stereocenters. The van der Waals surface area contributed by atoms with Gasteiger partial charge in [-0.3, -0.25) is 0 Å². The topological polar surface area (TPSA) is 30.5 Å². The minimum atomic E-state index is 0.466.